The number of carbonyl (C=O) groups is 2. The average molecular weight is 303 g/mol. The predicted octanol–water partition coefficient (Wildman–Crippen LogP) is 3.69. The Hall–Kier alpha value is -1.64. The standard InChI is InChI=1S/C19H29NO2/c1-14(2)13-18(21)11-9-16-5-7-17(8-6-16)10-12-19(22)20-15(3)4/h5-8,14-15H,9-13H2,1-4H3,(H,20,22). The molecule has 22 heavy (non-hydrogen) atoms. The van der Waals surface area contributed by atoms with Crippen molar-refractivity contribution in [3.8, 4) is 0 Å². The van der Waals surface area contributed by atoms with Gasteiger partial charge in [0, 0.05) is 25.3 Å². The second-order valence-electron chi connectivity index (χ2n) is 6.68. The molecule has 0 saturated heterocycles. The van der Waals surface area contributed by atoms with Crippen LogP contribution < -0.4 is 5.32 Å². The molecule has 0 radical (unpaired) electrons. The zero-order valence-electron chi connectivity index (χ0n) is 14.3. The van der Waals surface area contributed by atoms with E-state index in [1.165, 1.54) is 5.56 Å². The van der Waals surface area contributed by atoms with Crippen LogP contribution in [0.25, 0.3) is 0 Å². The van der Waals surface area contributed by atoms with E-state index < -0.39 is 0 Å². The topological polar surface area (TPSA) is 46.2 Å². The molecule has 0 bridgehead atoms. The Labute approximate surface area is 134 Å². The third kappa shape index (κ3) is 7.96. The highest BCUT2D eigenvalue weighted by molar-refractivity contribution is 5.78. The summed E-state index contributed by atoms with van der Waals surface area (Å²) < 4.78 is 0. The molecule has 0 fully saturated rings. The highest BCUT2D eigenvalue weighted by Crippen LogP contribution is 2.11. The molecule has 0 saturated carbocycles. The number of nitrogens with one attached hydrogen (secondary N) is 1. The fraction of sp³-hybridized carbons (Fsp3) is 0.579. The first-order chi connectivity index (χ1) is 10.4. The van der Waals surface area contributed by atoms with Crippen LogP contribution in [0.1, 0.15) is 58.1 Å². The van der Waals surface area contributed by atoms with E-state index in [0.29, 0.717) is 31.0 Å². The van der Waals surface area contributed by atoms with E-state index in [4.69, 9.17) is 0 Å². The van der Waals surface area contributed by atoms with Gasteiger partial charge in [-0.25, -0.2) is 0 Å². The smallest absolute Gasteiger partial charge is 0.220 e. The third-order valence-corrected chi connectivity index (χ3v) is 3.44. The molecule has 0 aliphatic rings. The minimum absolute atomic E-state index is 0.0957. The van der Waals surface area contributed by atoms with Crippen molar-refractivity contribution in [3.05, 3.63) is 35.4 Å². The van der Waals surface area contributed by atoms with Gasteiger partial charge in [-0.2, -0.15) is 0 Å². The number of hydrogen-bond donors (Lipinski definition) is 1. The molecule has 0 atom stereocenters. The SMILES string of the molecule is CC(C)CC(=O)CCc1ccc(CCC(=O)NC(C)C)cc1. The van der Waals surface area contributed by atoms with E-state index in [0.717, 1.165) is 18.4 Å². The quantitative estimate of drug-likeness (QED) is 0.756. The number of carbonyl (C=O) groups excluding carboxylic acids is 2. The fourth-order valence-electron chi connectivity index (χ4n) is 2.37. The fourth-order valence-corrected chi connectivity index (χ4v) is 2.37. The molecular weight excluding hydrogens is 274 g/mol. The highest BCUT2D eigenvalue weighted by atomic mass is 16.1. The molecule has 0 spiro atoms. The van der Waals surface area contributed by atoms with Gasteiger partial charge in [-0.3, -0.25) is 9.59 Å². The molecule has 3 heteroatoms. The normalized spacial score (nSPS) is 11.0. The third-order valence-electron chi connectivity index (χ3n) is 3.44. The maximum atomic E-state index is 11.7. The van der Waals surface area contributed by atoms with Crippen molar-refractivity contribution in [2.75, 3.05) is 0 Å². The van der Waals surface area contributed by atoms with Gasteiger partial charge in [0.05, 0.1) is 0 Å². The van der Waals surface area contributed by atoms with Gasteiger partial charge in [0.1, 0.15) is 5.78 Å². The van der Waals surface area contributed by atoms with Crippen molar-refractivity contribution in [2.24, 2.45) is 5.92 Å². The summed E-state index contributed by atoms with van der Waals surface area (Å²) in [4.78, 5) is 23.3. The summed E-state index contributed by atoms with van der Waals surface area (Å²) in [5.41, 5.74) is 2.35. The van der Waals surface area contributed by atoms with Crippen molar-refractivity contribution in [2.45, 2.75) is 65.8 Å². The maximum Gasteiger partial charge on any atom is 0.220 e. The average Bonchev–Trinajstić information content (AvgIpc) is 2.42. The Bertz CT molecular complexity index is 430. The molecule has 1 N–H and O–H groups in total. The molecular formula is C19H29NO2. The number of rotatable bonds is 9. The van der Waals surface area contributed by atoms with E-state index in [-0.39, 0.29) is 11.9 Å². The summed E-state index contributed by atoms with van der Waals surface area (Å²) in [6.07, 6.45) is 3.37. The van der Waals surface area contributed by atoms with Crippen LogP contribution in [-0.4, -0.2) is 17.7 Å². The van der Waals surface area contributed by atoms with Crippen LogP contribution in [0.5, 0.6) is 0 Å². The highest BCUT2D eigenvalue weighted by Gasteiger charge is 2.06. The van der Waals surface area contributed by atoms with E-state index in [1.54, 1.807) is 0 Å². The van der Waals surface area contributed by atoms with Crippen LogP contribution in [0.2, 0.25) is 0 Å². The number of amides is 1. The molecule has 0 aliphatic carbocycles. The summed E-state index contributed by atoms with van der Waals surface area (Å²) in [5.74, 6) is 0.870. The largest absolute Gasteiger partial charge is 0.354 e. The van der Waals surface area contributed by atoms with Gasteiger partial charge in [0.15, 0.2) is 0 Å². The van der Waals surface area contributed by atoms with Crippen molar-refractivity contribution in [3.63, 3.8) is 0 Å². The second kappa shape index (κ2) is 9.39. The first-order valence-electron chi connectivity index (χ1n) is 8.25. The molecule has 1 aromatic carbocycles. The summed E-state index contributed by atoms with van der Waals surface area (Å²) in [6.45, 7) is 8.07. The van der Waals surface area contributed by atoms with Gasteiger partial charge in [-0.1, -0.05) is 38.1 Å². The molecule has 1 amide bonds. The van der Waals surface area contributed by atoms with Gasteiger partial charge in [-0.05, 0) is 43.7 Å². The molecule has 122 valence electrons. The molecule has 0 unspecified atom stereocenters. The summed E-state index contributed by atoms with van der Waals surface area (Å²) in [5, 5.41) is 2.90. The van der Waals surface area contributed by atoms with Crippen molar-refractivity contribution in [1.82, 2.24) is 5.32 Å². The molecule has 3 nitrogen and oxygen atoms in total. The molecule has 0 aliphatic heterocycles. The van der Waals surface area contributed by atoms with Crippen LogP contribution >= 0.6 is 0 Å². The summed E-state index contributed by atoms with van der Waals surface area (Å²) in [7, 11) is 0. The lowest BCUT2D eigenvalue weighted by molar-refractivity contribution is -0.121. The number of Topliss-reactive ketones (excluding diaryl/α,β-unsaturated/α-hetero) is 1. The minimum atomic E-state index is 0.0957. The monoisotopic (exact) mass is 303 g/mol. The van der Waals surface area contributed by atoms with Crippen LogP contribution in [0.15, 0.2) is 24.3 Å². The van der Waals surface area contributed by atoms with Crippen molar-refractivity contribution in [1.29, 1.82) is 0 Å². The number of aryl methyl sites for hydroxylation is 2. The van der Waals surface area contributed by atoms with Crippen molar-refractivity contribution < 1.29 is 9.59 Å². The summed E-state index contributed by atoms with van der Waals surface area (Å²) >= 11 is 0. The number of benzene rings is 1. The minimum Gasteiger partial charge on any atom is -0.354 e. The van der Waals surface area contributed by atoms with Crippen LogP contribution in [-0.2, 0) is 22.4 Å². The Morgan fingerprint density at radius 1 is 0.909 bits per heavy atom. The Balaban J connectivity index is 2.36. The lowest BCUT2D eigenvalue weighted by atomic mass is 10.00. The van der Waals surface area contributed by atoms with Gasteiger partial charge in [-0.15, -0.1) is 0 Å². The lowest BCUT2D eigenvalue weighted by Crippen LogP contribution is -2.30. The van der Waals surface area contributed by atoms with Crippen molar-refractivity contribution >= 4 is 11.7 Å². The molecule has 0 aromatic heterocycles. The second-order valence-corrected chi connectivity index (χ2v) is 6.68. The zero-order chi connectivity index (χ0) is 16.5. The Morgan fingerprint density at radius 3 is 1.86 bits per heavy atom. The van der Waals surface area contributed by atoms with E-state index >= 15 is 0 Å². The van der Waals surface area contributed by atoms with E-state index in [1.807, 2.05) is 13.8 Å². The van der Waals surface area contributed by atoms with Gasteiger partial charge >= 0.3 is 0 Å². The zero-order valence-corrected chi connectivity index (χ0v) is 14.3. The van der Waals surface area contributed by atoms with E-state index in [9.17, 15) is 9.59 Å². The van der Waals surface area contributed by atoms with Gasteiger partial charge in [0.25, 0.3) is 0 Å². The van der Waals surface area contributed by atoms with Gasteiger partial charge in [0.2, 0.25) is 5.91 Å². The molecule has 1 aromatic rings. The van der Waals surface area contributed by atoms with Crippen LogP contribution in [0.3, 0.4) is 0 Å². The number of hydrogen-bond acceptors (Lipinski definition) is 2. The summed E-state index contributed by atoms with van der Waals surface area (Å²) in [6, 6.07) is 8.45. The van der Waals surface area contributed by atoms with Gasteiger partial charge < -0.3 is 5.32 Å². The predicted molar refractivity (Wildman–Crippen MR) is 90.8 cm³/mol. The first-order valence-corrected chi connectivity index (χ1v) is 8.25. The number of ketones is 1. The Kier molecular flexibility index (Phi) is 7.86. The molecule has 0 heterocycles. The molecule has 1 rings (SSSR count). The van der Waals surface area contributed by atoms with Crippen LogP contribution in [0, 0.1) is 5.92 Å². The van der Waals surface area contributed by atoms with E-state index in [2.05, 4.69) is 43.4 Å². The Morgan fingerprint density at radius 2 is 1.41 bits per heavy atom. The lowest BCUT2D eigenvalue weighted by Gasteiger charge is -2.08. The maximum absolute atomic E-state index is 11.7. The van der Waals surface area contributed by atoms with Crippen LogP contribution in [0.4, 0.5) is 0 Å². The first kappa shape index (κ1) is 18.4.